The third-order valence-electron chi connectivity index (χ3n) is 2.75. The number of hydrogen-bond donors (Lipinski definition) is 1. The molecule has 0 unspecified atom stereocenters. The van der Waals surface area contributed by atoms with Gasteiger partial charge in [-0.15, -0.1) is 0 Å². The van der Waals surface area contributed by atoms with Crippen molar-refractivity contribution in [1.29, 1.82) is 0 Å². The normalized spacial score (nSPS) is 11.8. The molecule has 0 aliphatic heterocycles. The van der Waals surface area contributed by atoms with Crippen molar-refractivity contribution in [3.63, 3.8) is 0 Å². The molecular weight excluding hydrogens is 345 g/mol. The zero-order valence-corrected chi connectivity index (χ0v) is 14.0. The highest BCUT2D eigenvalue weighted by Gasteiger charge is 2.09. The minimum atomic E-state index is -1.15. The fourth-order valence-electron chi connectivity index (χ4n) is 1.83. The van der Waals surface area contributed by atoms with E-state index in [1.165, 1.54) is 0 Å². The van der Waals surface area contributed by atoms with Crippen molar-refractivity contribution in [1.82, 2.24) is 0 Å². The van der Waals surface area contributed by atoms with Crippen LogP contribution in [0.2, 0.25) is 10.0 Å². The van der Waals surface area contributed by atoms with Crippen LogP contribution in [0.25, 0.3) is 0 Å². The number of hydrogen-bond acceptors (Lipinski definition) is 3. The molecular formula is C15H13Cl2NO3S. The third kappa shape index (κ3) is 4.73. The van der Waals surface area contributed by atoms with Gasteiger partial charge in [0.1, 0.15) is 6.61 Å². The molecule has 7 heteroatoms. The molecule has 22 heavy (non-hydrogen) atoms. The monoisotopic (exact) mass is 357 g/mol. The first-order chi connectivity index (χ1) is 10.5. The fraction of sp³-hybridized carbons (Fsp3) is 0.133. The molecule has 0 heterocycles. The first kappa shape index (κ1) is 16.8. The molecule has 116 valence electrons. The van der Waals surface area contributed by atoms with Crippen LogP contribution in [-0.4, -0.2) is 16.6 Å². The van der Waals surface area contributed by atoms with Crippen LogP contribution >= 0.6 is 23.2 Å². The van der Waals surface area contributed by atoms with E-state index in [1.807, 2.05) is 0 Å². The number of nitrogens with one attached hydrogen (secondary N) is 1. The maximum atomic E-state index is 11.8. The van der Waals surface area contributed by atoms with Gasteiger partial charge in [0.25, 0.3) is 0 Å². The van der Waals surface area contributed by atoms with E-state index in [2.05, 4.69) is 5.32 Å². The maximum Gasteiger partial charge on any atom is 0.411 e. The predicted molar refractivity (Wildman–Crippen MR) is 89.0 cm³/mol. The Bertz CT molecular complexity index is 701. The Labute approximate surface area is 140 Å². The summed E-state index contributed by atoms with van der Waals surface area (Å²) >= 11 is 11.7. The second-order valence-corrected chi connectivity index (χ2v) is 6.64. The molecule has 0 bridgehead atoms. The minimum absolute atomic E-state index is 0.0237. The summed E-state index contributed by atoms with van der Waals surface area (Å²) in [5.74, 6) is 0. The Hall–Kier alpha value is -1.56. The van der Waals surface area contributed by atoms with Crippen molar-refractivity contribution >= 4 is 45.8 Å². The van der Waals surface area contributed by atoms with E-state index in [4.69, 9.17) is 27.9 Å². The van der Waals surface area contributed by atoms with Crippen molar-refractivity contribution in [2.75, 3.05) is 11.6 Å². The maximum absolute atomic E-state index is 11.8. The van der Waals surface area contributed by atoms with Crippen LogP contribution in [0.15, 0.2) is 47.4 Å². The number of halogens is 2. The summed E-state index contributed by atoms with van der Waals surface area (Å²) in [6.07, 6.45) is 0.933. The van der Waals surface area contributed by atoms with Crippen molar-refractivity contribution in [3.05, 3.63) is 58.1 Å². The molecule has 2 rings (SSSR count). The number of benzene rings is 2. The van der Waals surface area contributed by atoms with Crippen LogP contribution in [0.1, 0.15) is 5.56 Å². The van der Waals surface area contributed by atoms with Crippen LogP contribution in [0.4, 0.5) is 10.5 Å². The molecule has 1 amide bonds. The molecule has 0 radical (unpaired) electrons. The Morgan fingerprint density at radius 1 is 1.18 bits per heavy atom. The van der Waals surface area contributed by atoms with E-state index in [1.54, 1.807) is 48.7 Å². The second-order valence-electron chi connectivity index (χ2n) is 4.42. The number of ether oxygens (including phenoxy) is 1. The number of anilines is 1. The van der Waals surface area contributed by atoms with Crippen molar-refractivity contribution in [2.24, 2.45) is 0 Å². The number of rotatable bonds is 4. The highest BCUT2D eigenvalue weighted by molar-refractivity contribution is 7.84. The lowest BCUT2D eigenvalue weighted by Crippen LogP contribution is -2.14. The zero-order valence-electron chi connectivity index (χ0n) is 11.6. The topological polar surface area (TPSA) is 55.4 Å². The van der Waals surface area contributed by atoms with Gasteiger partial charge in [-0.25, -0.2) is 4.79 Å². The van der Waals surface area contributed by atoms with Gasteiger partial charge >= 0.3 is 6.09 Å². The third-order valence-corrected chi connectivity index (χ3v) is 4.20. The van der Waals surface area contributed by atoms with E-state index in [9.17, 15) is 9.00 Å². The van der Waals surface area contributed by atoms with Gasteiger partial charge in [-0.2, -0.15) is 0 Å². The van der Waals surface area contributed by atoms with E-state index >= 15 is 0 Å². The molecule has 0 saturated carbocycles. The summed E-state index contributed by atoms with van der Waals surface area (Å²) < 4.78 is 16.7. The van der Waals surface area contributed by atoms with Crippen LogP contribution in [0, 0.1) is 0 Å². The first-order valence-corrected chi connectivity index (χ1v) is 8.58. The minimum Gasteiger partial charge on any atom is -0.444 e. The van der Waals surface area contributed by atoms with Gasteiger partial charge < -0.3 is 4.74 Å². The van der Waals surface area contributed by atoms with Gasteiger partial charge in [-0.1, -0.05) is 41.4 Å². The summed E-state index contributed by atoms with van der Waals surface area (Å²) in [5.41, 5.74) is 1.14. The van der Waals surface area contributed by atoms with Crippen LogP contribution in [0.3, 0.4) is 0 Å². The van der Waals surface area contributed by atoms with E-state index < -0.39 is 16.9 Å². The highest BCUT2D eigenvalue weighted by Crippen LogP contribution is 2.22. The Balaban J connectivity index is 2.00. The molecule has 0 aliphatic rings. The number of amides is 1. The molecule has 2 aromatic carbocycles. The summed E-state index contributed by atoms with van der Waals surface area (Å²) in [6, 6.07) is 11.8. The van der Waals surface area contributed by atoms with Crippen LogP contribution in [0.5, 0.6) is 0 Å². The van der Waals surface area contributed by atoms with Gasteiger partial charge in [0.2, 0.25) is 0 Å². The Kier molecular flexibility index (Phi) is 5.83. The first-order valence-electron chi connectivity index (χ1n) is 6.27. The van der Waals surface area contributed by atoms with Crippen molar-refractivity contribution in [2.45, 2.75) is 11.5 Å². The number of carbonyl (C=O) groups excluding carboxylic acids is 1. The molecule has 4 nitrogen and oxygen atoms in total. The lowest BCUT2D eigenvalue weighted by atomic mass is 10.2. The summed E-state index contributed by atoms with van der Waals surface area (Å²) in [4.78, 5) is 12.4. The molecule has 0 saturated heterocycles. The van der Waals surface area contributed by atoms with Gasteiger partial charge in [-0.05, 0) is 24.3 Å². The quantitative estimate of drug-likeness (QED) is 0.877. The van der Waals surface area contributed by atoms with Crippen molar-refractivity contribution < 1.29 is 13.7 Å². The smallest absolute Gasteiger partial charge is 0.411 e. The average molecular weight is 358 g/mol. The molecule has 1 N–H and O–H groups in total. The Morgan fingerprint density at radius 2 is 1.82 bits per heavy atom. The standard InChI is InChI=1S/C15H13Cl2NO3S/c1-22(20)14-5-3-2-4-10(14)9-21-15(19)18-13-7-11(16)6-12(17)8-13/h2-8H,9H2,1H3,(H,18,19)/t22-/m0/s1. The van der Waals surface area contributed by atoms with Crippen LogP contribution in [-0.2, 0) is 22.1 Å². The van der Waals surface area contributed by atoms with Gasteiger partial charge in [0.15, 0.2) is 0 Å². The lowest BCUT2D eigenvalue weighted by molar-refractivity contribution is 0.154. The SMILES string of the molecule is C[S@](=O)c1ccccc1COC(=O)Nc1cc(Cl)cc(Cl)c1. The van der Waals surface area contributed by atoms with Crippen LogP contribution < -0.4 is 5.32 Å². The molecule has 1 atom stereocenters. The van der Waals surface area contributed by atoms with E-state index in [0.717, 1.165) is 0 Å². The van der Waals surface area contributed by atoms with Crippen molar-refractivity contribution in [3.8, 4) is 0 Å². The van der Waals surface area contributed by atoms with E-state index in [-0.39, 0.29) is 6.61 Å². The molecule has 0 spiro atoms. The highest BCUT2D eigenvalue weighted by atomic mass is 35.5. The summed E-state index contributed by atoms with van der Waals surface area (Å²) in [5, 5.41) is 3.36. The summed E-state index contributed by atoms with van der Waals surface area (Å²) in [7, 11) is -1.15. The largest absolute Gasteiger partial charge is 0.444 e. The second kappa shape index (κ2) is 7.63. The molecule has 2 aromatic rings. The lowest BCUT2D eigenvalue weighted by Gasteiger charge is -2.10. The van der Waals surface area contributed by atoms with Gasteiger partial charge in [-0.3, -0.25) is 9.53 Å². The Morgan fingerprint density at radius 3 is 2.45 bits per heavy atom. The van der Waals surface area contributed by atoms with Gasteiger partial charge in [0, 0.05) is 32.4 Å². The number of carbonyl (C=O) groups is 1. The molecule has 0 aliphatic carbocycles. The predicted octanol–water partition coefficient (Wildman–Crippen LogP) is 4.48. The molecule has 0 fully saturated rings. The fourth-order valence-corrected chi connectivity index (χ4v) is 3.12. The van der Waals surface area contributed by atoms with Gasteiger partial charge in [0.05, 0.1) is 10.8 Å². The van der Waals surface area contributed by atoms with E-state index in [0.29, 0.717) is 26.2 Å². The molecule has 0 aromatic heterocycles. The average Bonchev–Trinajstić information content (AvgIpc) is 2.44. The zero-order chi connectivity index (χ0) is 16.1. The summed E-state index contributed by atoms with van der Waals surface area (Å²) in [6.45, 7) is 0.0237.